The Hall–Kier alpha value is -2.05. The summed E-state index contributed by atoms with van der Waals surface area (Å²) >= 11 is 0. The van der Waals surface area contributed by atoms with Crippen molar-refractivity contribution in [1.82, 2.24) is 4.90 Å². The molecule has 0 aromatic heterocycles. The molecule has 0 aliphatic heterocycles. The minimum Gasteiger partial charge on any atom is -0.507 e. The summed E-state index contributed by atoms with van der Waals surface area (Å²) in [5.41, 5.74) is 2.41. The van der Waals surface area contributed by atoms with E-state index in [1.807, 2.05) is 6.92 Å². The van der Waals surface area contributed by atoms with Gasteiger partial charge in [0.2, 0.25) is 0 Å². The zero-order valence-corrected chi connectivity index (χ0v) is 17.7. The maximum absolute atomic E-state index is 13.3. The summed E-state index contributed by atoms with van der Waals surface area (Å²) in [6.45, 7) is 3.82. The predicted octanol–water partition coefficient (Wildman–Crippen LogP) is 3.47. The molecule has 0 heterocycles. The first kappa shape index (κ1) is 23.2. The number of aryl methyl sites for hydroxylation is 1. The van der Waals surface area contributed by atoms with Crippen molar-refractivity contribution in [2.45, 2.75) is 64.7 Å². The van der Waals surface area contributed by atoms with E-state index in [1.165, 1.54) is 10.5 Å². The van der Waals surface area contributed by atoms with Crippen LogP contribution in [0.15, 0.2) is 17.7 Å². The number of carbonyl (C=O) groups is 1. The van der Waals surface area contributed by atoms with Crippen LogP contribution in [0.25, 0.3) is 0 Å². The standard InChI is InChI=1S/C23H35NO5/c1-3-4-5-8-18-15-19(27)20(17-9-6-7-16(2)14-17)22(28)21(18)23(29)24(10-12-25)11-13-26/h14-15,17,25-28H,3-13H2,1-2H3. The molecule has 0 fully saturated rings. The van der Waals surface area contributed by atoms with Crippen LogP contribution in [-0.4, -0.2) is 57.5 Å². The Morgan fingerprint density at radius 1 is 1.17 bits per heavy atom. The van der Waals surface area contributed by atoms with Crippen molar-refractivity contribution < 1.29 is 25.2 Å². The number of aliphatic hydroxyl groups is 2. The number of benzene rings is 1. The van der Waals surface area contributed by atoms with E-state index >= 15 is 0 Å². The number of phenols is 2. The molecule has 1 unspecified atom stereocenters. The number of nitrogens with zero attached hydrogens (tertiary/aromatic N) is 1. The lowest BCUT2D eigenvalue weighted by Crippen LogP contribution is -2.36. The molecular formula is C23H35NO5. The van der Waals surface area contributed by atoms with Gasteiger partial charge in [-0.3, -0.25) is 4.79 Å². The van der Waals surface area contributed by atoms with Gasteiger partial charge in [0.1, 0.15) is 11.5 Å². The van der Waals surface area contributed by atoms with Crippen molar-refractivity contribution in [2.75, 3.05) is 26.3 Å². The molecule has 0 radical (unpaired) electrons. The second-order valence-corrected chi connectivity index (χ2v) is 7.90. The van der Waals surface area contributed by atoms with Crippen LogP contribution in [0, 0.1) is 0 Å². The average Bonchev–Trinajstić information content (AvgIpc) is 2.67. The van der Waals surface area contributed by atoms with Crippen LogP contribution >= 0.6 is 0 Å². The number of rotatable bonds is 10. The minimum atomic E-state index is -0.421. The maximum Gasteiger partial charge on any atom is 0.258 e. The summed E-state index contributed by atoms with van der Waals surface area (Å²) in [7, 11) is 0. The molecule has 6 heteroatoms. The Balaban J connectivity index is 2.55. The predicted molar refractivity (Wildman–Crippen MR) is 113 cm³/mol. The van der Waals surface area contributed by atoms with E-state index in [1.54, 1.807) is 6.07 Å². The van der Waals surface area contributed by atoms with E-state index in [4.69, 9.17) is 0 Å². The van der Waals surface area contributed by atoms with Gasteiger partial charge in [-0.05, 0) is 50.7 Å². The van der Waals surface area contributed by atoms with E-state index in [0.29, 0.717) is 17.5 Å². The van der Waals surface area contributed by atoms with Crippen molar-refractivity contribution in [2.24, 2.45) is 0 Å². The van der Waals surface area contributed by atoms with Crippen molar-refractivity contribution >= 4 is 5.91 Å². The highest BCUT2D eigenvalue weighted by Gasteiger charge is 2.29. The Bertz CT molecular complexity index is 722. The van der Waals surface area contributed by atoms with Gasteiger partial charge in [-0.15, -0.1) is 0 Å². The zero-order chi connectivity index (χ0) is 21.4. The summed E-state index contributed by atoms with van der Waals surface area (Å²) in [4.78, 5) is 14.6. The third-order valence-corrected chi connectivity index (χ3v) is 5.63. The minimum absolute atomic E-state index is 0.0253. The van der Waals surface area contributed by atoms with Gasteiger partial charge in [0.15, 0.2) is 0 Å². The van der Waals surface area contributed by atoms with Gasteiger partial charge in [-0.25, -0.2) is 0 Å². The number of unbranched alkanes of at least 4 members (excludes halogenated alkanes) is 2. The normalized spacial score (nSPS) is 16.6. The molecular weight excluding hydrogens is 370 g/mol. The molecule has 1 aliphatic carbocycles. The van der Waals surface area contributed by atoms with E-state index in [2.05, 4.69) is 13.0 Å². The number of aromatic hydroxyl groups is 2. The number of hydrogen-bond donors (Lipinski definition) is 4. The van der Waals surface area contributed by atoms with E-state index in [9.17, 15) is 25.2 Å². The SMILES string of the molecule is CCCCCc1cc(O)c(C2C=C(C)CCC2)c(O)c1C(=O)N(CCO)CCO. The Morgan fingerprint density at radius 3 is 2.45 bits per heavy atom. The lowest BCUT2D eigenvalue weighted by molar-refractivity contribution is 0.0680. The van der Waals surface area contributed by atoms with Crippen molar-refractivity contribution in [1.29, 1.82) is 0 Å². The molecule has 162 valence electrons. The molecule has 29 heavy (non-hydrogen) atoms. The number of amides is 1. The summed E-state index contributed by atoms with van der Waals surface area (Å²) < 4.78 is 0. The van der Waals surface area contributed by atoms with Crippen molar-refractivity contribution in [3.63, 3.8) is 0 Å². The summed E-state index contributed by atoms with van der Waals surface area (Å²) in [5, 5.41) is 40.5. The fourth-order valence-electron chi connectivity index (χ4n) is 4.14. The van der Waals surface area contributed by atoms with Crippen LogP contribution in [0.5, 0.6) is 11.5 Å². The molecule has 0 saturated carbocycles. The number of hydrogen-bond acceptors (Lipinski definition) is 5. The highest BCUT2D eigenvalue weighted by atomic mass is 16.3. The van der Waals surface area contributed by atoms with E-state index < -0.39 is 5.91 Å². The lowest BCUT2D eigenvalue weighted by Gasteiger charge is -2.27. The highest BCUT2D eigenvalue weighted by Crippen LogP contribution is 2.44. The Morgan fingerprint density at radius 2 is 1.86 bits per heavy atom. The largest absolute Gasteiger partial charge is 0.507 e. The molecule has 2 rings (SSSR count). The number of carbonyl (C=O) groups excluding carboxylic acids is 1. The highest BCUT2D eigenvalue weighted by molar-refractivity contribution is 5.99. The maximum atomic E-state index is 13.3. The van der Waals surface area contributed by atoms with Gasteiger partial charge in [0.05, 0.1) is 18.8 Å². The second-order valence-electron chi connectivity index (χ2n) is 7.90. The van der Waals surface area contributed by atoms with Crippen molar-refractivity contribution in [3.8, 4) is 11.5 Å². The van der Waals surface area contributed by atoms with Gasteiger partial charge in [-0.1, -0.05) is 31.4 Å². The summed E-state index contributed by atoms with van der Waals surface area (Å²) in [6.07, 6.45) is 8.25. The third-order valence-electron chi connectivity index (χ3n) is 5.63. The Labute approximate surface area is 173 Å². The van der Waals surface area contributed by atoms with Crippen LogP contribution in [0.1, 0.15) is 79.8 Å². The molecule has 1 atom stereocenters. The fraction of sp³-hybridized carbons (Fsp3) is 0.609. The molecule has 0 saturated heterocycles. The lowest BCUT2D eigenvalue weighted by atomic mass is 9.83. The molecule has 1 aliphatic rings. The Kier molecular flexibility index (Phi) is 8.99. The summed E-state index contributed by atoms with van der Waals surface area (Å²) in [6, 6.07) is 1.62. The summed E-state index contributed by atoms with van der Waals surface area (Å²) in [5.74, 6) is -0.699. The molecule has 6 nitrogen and oxygen atoms in total. The van der Waals surface area contributed by atoms with Gasteiger partial charge in [0, 0.05) is 24.6 Å². The first-order valence-electron chi connectivity index (χ1n) is 10.7. The molecule has 0 bridgehead atoms. The van der Waals surface area contributed by atoms with E-state index in [0.717, 1.165) is 38.5 Å². The van der Waals surface area contributed by atoms with Gasteiger partial charge in [-0.2, -0.15) is 0 Å². The first-order chi connectivity index (χ1) is 13.9. The van der Waals surface area contributed by atoms with E-state index in [-0.39, 0.29) is 49.3 Å². The topological polar surface area (TPSA) is 101 Å². The van der Waals surface area contributed by atoms with Crippen LogP contribution in [0.4, 0.5) is 0 Å². The second kappa shape index (κ2) is 11.2. The number of phenolic OH excluding ortho intramolecular Hbond substituents is 2. The van der Waals surface area contributed by atoms with Crippen molar-refractivity contribution in [3.05, 3.63) is 34.4 Å². The number of aliphatic hydroxyl groups excluding tert-OH is 2. The first-order valence-corrected chi connectivity index (χ1v) is 10.7. The molecule has 1 aromatic carbocycles. The van der Waals surface area contributed by atoms with Crippen LogP contribution in [-0.2, 0) is 6.42 Å². The van der Waals surface area contributed by atoms with Crippen LogP contribution in [0.2, 0.25) is 0 Å². The third kappa shape index (κ3) is 5.73. The zero-order valence-electron chi connectivity index (χ0n) is 17.7. The molecule has 0 spiro atoms. The average molecular weight is 406 g/mol. The molecule has 1 aromatic rings. The smallest absolute Gasteiger partial charge is 0.258 e. The fourth-order valence-corrected chi connectivity index (χ4v) is 4.14. The monoisotopic (exact) mass is 405 g/mol. The van der Waals surface area contributed by atoms with Gasteiger partial charge in [0.25, 0.3) is 5.91 Å². The quantitative estimate of drug-likeness (QED) is 0.353. The van der Waals surface area contributed by atoms with Gasteiger partial charge < -0.3 is 25.3 Å². The molecule has 1 amide bonds. The van der Waals surface area contributed by atoms with Crippen LogP contribution < -0.4 is 0 Å². The molecule has 4 N–H and O–H groups in total. The number of allylic oxidation sites excluding steroid dienone is 2. The van der Waals surface area contributed by atoms with Gasteiger partial charge >= 0.3 is 0 Å². The van der Waals surface area contributed by atoms with Crippen LogP contribution in [0.3, 0.4) is 0 Å².